The zero-order chi connectivity index (χ0) is 22.0. The van der Waals surface area contributed by atoms with Crippen molar-refractivity contribution in [3.05, 3.63) is 34.9 Å². The lowest BCUT2D eigenvalue weighted by atomic mass is 9.76. The van der Waals surface area contributed by atoms with Crippen molar-refractivity contribution >= 4 is 17.1 Å². The summed E-state index contributed by atoms with van der Waals surface area (Å²) < 4.78 is 15.6. The number of amides is 1. The molecule has 1 heterocycles. The summed E-state index contributed by atoms with van der Waals surface area (Å²) in [5.74, 6) is 0. The first kappa shape index (κ1) is 23.9. The van der Waals surface area contributed by atoms with Gasteiger partial charge in [0.15, 0.2) is 0 Å². The molecule has 1 fully saturated rings. The maximum atomic E-state index is 12.2. The number of carbonyl (C=O) groups excluding carboxylic acids is 1. The van der Waals surface area contributed by atoms with Crippen LogP contribution < -0.4 is 5.14 Å². The fourth-order valence-electron chi connectivity index (χ4n) is 3.81. The third kappa shape index (κ3) is 6.82. The smallest absolute Gasteiger partial charge is 0.410 e. The van der Waals surface area contributed by atoms with Crippen LogP contribution in [0.15, 0.2) is 18.2 Å². The lowest BCUT2D eigenvalue weighted by Crippen LogP contribution is -2.45. The highest BCUT2D eigenvalue weighted by Gasteiger charge is 2.41. The molecule has 1 aliphatic carbocycles. The van der Waals surface area contributed by atoms with Crippen molar-refractivity contribution < 1.29 is 13.7 Å². The molecule has 2 N–H and O–H groups in total. The fraction of sp³-hybridized carbons (Fsp3) is 0.696. The van der Waals surface area contributed by atoms with E-state index in [0.29, 0.717) is 5.41 Å². The van der Waals surface area contributed by atoms with E-state index in [-0.39, 0.29) is 10.8 Å². The summed E-state index contributed by atoms with van der Waals surface area (Å²) in [6.07, 6.45) is 4.35. The zero-order valence-electron chi connectivity index (χ0n) is 19.1. The molecule has 0 bridgehead atoms. The van der Waals surface area contributed by atoms with E-state index in [2.05, 4.69) is 25.1 Å². The second kappa shape index (κ2) is 8.76. The van der Waals surface area contributed by atoms with Crippen molar-refractivity contribution in [2.75, 3.05) is 13.1 Å². The summed E-state index contributed by atoms with van der Waals surface area (Å²) in [6.45, 7) is 15.1. The van der Waals surface area contributed by atoms with Gasteiger partial charge in [-0.15, -0.1) is 0 Å². The average Bonchev–Trinajstić information content (AvgIpc) is 2.90. The average molecular weight is 423 g/mol. The van der Waals surface area contributed by atoms with Crippen LogP contribution in [0.25, 0.3) is 0 Å². The maximum Gasteiger partial charge on any atom is 0.410 e. The fourth-order valence-corrected chi connectivity index (χ4v) is 3.81. The summed E-state index contributed by atoms with van der Waals surface area (Å²) in [4.78, 5) is 14.1. The molecule has 1 aromatic rings. The monoisotopic (exact) mass is 422 g/mol. The van der Waals surface area contributed by atoms with E-state index in [1.807, 2.05) is 46.4 Å². The minimum Gasteiger partial charge on any atom is -0.444 e. The Balaban J connectivity index is 0.000000370. The quantitative estimate of drug-likeness (QED) is 0.668. The molecule has 1 atom stereocenters. The van der Waals surface area contributed by atoms with E-state index in [4.69, 9.17) is 9.88 Å². The number of carbonyl (C=O) groups is 1. The number of aryl methyl sites for hydroxylation is 1. The highest BCUT2D eigenvalue weighted by atomic mass is 32.2. The minimum atomic E-state index is -1.18. The molecule has 164 valence electrons. The number of rotatable bonds is 0. The first-order chi connectivity index (χ1) is 13.2. The molecule has 1 amide bonds. The molecule has 5 nitrogen and oxygen atoms in total. The Labute approximate surface area is 179 Å². The second-order valence-electron chi connectivity index (χ2n) is 10.5. The van der Waals surface area contributed by atoms with Gasteiger partial charge in [-0.05, 0) is 90.7 Å². The first-order valence-corrected chi connectivity index (χ1v) is 11.6. The van der Waals surface area contributed by atoms with Gasteiger partial charge in [0.2, 0.25) is 0 Å². The van der Waals surface area contributed by atoms with Crippen molar-refractivity contribution in [2.45, 2.75) is 84.5 Å². The summed E-state index contributed by atoms with van der Waals surface area (Å²) in [6, 6.07) is 6.84. The molecular weight excluding hydrogens is 384 g/mol. The predicted octanol–water partition coefficient (Wildman–Crippen LogP) is 4.52. The summed E-state index contributed by atoms with van der Waals surface area (Å²) in [7, 11) is -1.18. The maximum absolute atomic E-state index is 12.2. The first-order valence-electron chi connectivity index (χ1n) is 10.4. The highest BCUT2D eigenvalue weighted by Crippen LogP contribution is 2.44. The van der Waals surface area contributed by atoms with Crippen LogP contribution in [0.4, 0.5) is 4.79 Å². The number of benzene rings is 1. The van der Waals surface area contributed by atoms with Gasteiger partial charge in [0.1, 0.15) is 5.60 Å². The number of likely N-dealkylation sites (tertiary alicyclic amines) is 1. The number of hydrogen-bond donors (Lipinski definition) is 1. The third-order valence-electron chi connectivity index (χ3n) is 5.57. The van der Waals surface area contributed by atoms with Crippen LogP contribution in [0, 0.1) is 12.3 Å². The van der Waals surface area contributed by atoms with Crippen LogP contribution in [-0.2, 0) is 28.6 Å². The van der Waals surface area contributed by atoms with E-state index < -0.39 is 16.6 Å². The van der Waals surface area contributed by atoms with Crippen LogP contribution in [0.5, 0.6) is 0 Å². The Morgan fingerprint density at radius 3 is 2.07 bits per heavy atom. The van der Waals surface area contributed by atoms with Gasteiger partial charge in [0.05, 0.1) is 15.7 Å². The van der Waals surface area contributed by atoms with Crippen molar-refractivity contribution in [1.82, 2.24) is 4.90 Å². The zero-order valence-corrected chi connectivity index (χ0v) is 19.9. The van der Waals surface area contributed by atoms with E-state index >= 15 is 0 Å². The Bertz CT molecular complexity index is 754. The van der Waals surface area contributed by atoms with Gasteiger partial charge in [-0.3, -0.25) is 5.14 Å². The molecule has 1 saturated heterocycles. The molecule has 1 aromatic carbocycles. The van der Waals surface area contributed by atoms with E-state index in [1.165, 1.54) is 29.5 Å². The van der Waals surface area contributed by atoms with Crippen molar-refractivity contribution in [2.24, 2.45) is 10.6 Å². The predicted molar refractivity (Wildman–Crippen MR) is 120 cm³/mol. The molecule has 1 unspecified atom stereocenters. The molecule has 0 aromatic heterocycles. The largest absolute Gasteiger partial charge is 0.444 e. The molecule has 1 spiro atoms. The summed E-state index contributed by atoms with van der Waals surface area (Å²) in [5, 5.41) is 5.04. The summed E-state index contributed by atoms with van der Waals surface area (Å²) in [5.41, 5.74) is 4.34. The van der Waals surface area contributed by atoms with Gasteiger partial charge in [0, 0.05) is 13.1 Å². The number of hydrogen-bond acceptors (Lipinski definition) is 3. The Kier molecular flexibility index (Phi) is 7.21. The number of nitrogens with zero attached hydrogens (tertiary/aromatic N) is 1. The molecule has 6 heteroatoms. The molecule has 2 aliphatic rings. The normalized spacial score (nSPS) is 19.2. The van der Waals surface area contributed by atoms with Gasteiger partial charge in [-0.25, -0.2) is 9.00 Å². The molecule has 0 saturated carbocycles. The third-order valence-corrected chi connectivity index (χ3v) is 6.78. The SMILES string of the molecule is CC(C)(C)S(N)=O.Cc1ccc2c(c1)CC1(CCN(C(=O)OC(C)(C)C)CC1)C2. The Morgan fingerprint density at radius 1 is 1.07 bits per heavy atom. The van der Waals surface area contributed by atoms with Crippen LogP contribution in [0.1, 0.15) is 71.1 Å². The lowest BCUT2D eigenvalue weighted by Gasteiger charge is -2.39. The molecular formula is C23H38N2O3S. The van der Waals surface area contributed by atoms with E-state index in [9.17, 15) is 9.00 Å². The minimum absolute atomic E-state index is 0.159. The van der Waals surface area contributed by atoms with Gasteiger partial charge in [-0.2, -0.15) is 0 Å². The number of ether oxygens (including phenoxy) is 1. The van der Waals surface area contributed by atoms with Crippen molar-refractivity contribution in [1.29, 1.82) is 0 Å². The van der Waals surface area contributed by atoms with Gasteiger partial charge < -0.3 is 9.64 Å². The topological polar surface area (TPSA) is 72.6 Å². The van der Waals surface area contributed by atoms with E-state index in [1.54, 1.807) is 0 Å². The summed E-state index contributed by atoms with van der Waals surface area (Å²) >= 11 is 0. The number of fused-ring (bicyclic) bond motifs is 1. The van der Waals surface area contributed by atoms with Crippen LogP contribution in [-0.4, -0.2) is 38.6 Å². The second-order valence-corrected chi connectivity index (χ2v) is 12.3. The molecule has 1 aliphatic heterocycles. The molecule has 3 rings (SSSR count). The van der Waals surface area contributed by atoms with Crippen LogP contribution in [0.3, 0.4) is 0 Å². The van der Waals surface area contributed by atoms with Crippen LogP contribution in [0.2, 0.25) is 0 Å². The van der Waals surface area contributed by atoms with E-state index in [0.717, 1.165) is 25.9 Å². The number of nitrogens with two attached hydrogens (primary N) is 1. The van der Waals surface area contributed by atoms with Crippen molar-refractivity contribution in [3.63, 3.8) is 0 Å². The van der Waals surface area contributed by atoms with Crippen molar-refractivity contribution in [3.8, 4) is 0 Å². The van der Waals surface area contributed by atoms with Gasteiger partial charge >= 0.3 is 6.09 Å². The Hall–Kier alpha value is -1.40. The lowest BCUT2D eigenvalue weighted by molar-refractivity contribution is 0.0111. The molecule has 0 radical (unpaired) electrons. The Morgan fingerprint density at radius 2 is 1.59 bits per heavy atom. The highest BCUT2D eigenvalue weighted by molar-refractivity contribution is 7.84. The van der Waals surface area contributed by atoms with Gasteiger partial charge in [0.25, 0.3) is 0 Å². The standard InChI is InChI=1S/C19H27NO2.C4H11NOS/c1-14-5-6-15-12-19(13-16(15)11-14)7-9-20(10-8-19)17(21)22-18(2,3)4;1-4(2,3)7(5)6/h5-6,11H,7-10,12-13H2,1-4H3;5H2,1-3H3. The number of piperidine rings is 1. The van der Waals surface area contributed by atoms with Crippen LogP contribution >= 0.6 is 0 Å². The van der Waals surface area contributed by atoms with Gasteiger partial charge in [-0.1, -0.05) is 23.8 Å². The molecule has 29 heavy (non-hydrogen) atoms.